The van der Waals surface area contributed by atoms with Crippen molar-refractivity contribution < 1.29 is 9.53 Å². The lowest BCUT2D eigenvalue weighted by atomic mass is 9.88. The molecule has 2 atom stereocenters. The minimum Gasteiger partial charge on any atom is -0.497 e. The number of carbonyl (C=O) groups is 1. The van der Waals surface area contributed by atoms with Crippen molar-refractivity contribution in [2.45, 2.75) is 39.3 Å². The van der Waals surface area contributed by atoms with E-state index in [1.54, 1.807) is 7.11 Å². The van der Waals surface area contributed by atoms with Gasteiger partial charge in [0.05, 0.1) is 19.2 Å². The number of benzene rings is 2. The standard InChI is InChI=1S/C23H26N4O2/c1-23(2,3)21(28)26-19(16-8-6-5-7-9-16)14-20(27-22(26)24-15-25-27)17-10-12-18(29-4)13-11-17/h5-13,15,19-20H,14H2,1-4H3/t19-,20+/m0/s1. The number of fused-ring (bicyclic) bond motifs is 1. The van der Waals surface area contributed by atoms with Crippen LogP contribution in [0, 0.1) is 5.41 Å². The van der Waals surface area contributed by atoms with Crippen molar-refractivity contribution >= 4 is 11.9 Å². The topological polar surface area (TPSA) is 60.2 Å². The van der Waals surface area contributed by atoms with Gasteiger partial charge in [-0.3, -0.25) is 9.69 Å². The fourth-order valence-electron chi connectivity index (χ4n) is 3.85. The molecule has 0 aliphatic carbocycles. The Morgan fingerprint density at radius 1 is 1.00 bits per heavy atom. The van der Waals surface area contributed by atoms with E-state index in [1.807, 2.05) is 60.7 Å². The van der Waals surface area contributed by atoms with Crippen LogP contribution < -0.4 is 9.64 Å². The van der Waals surface area contributed by atoms with E-state index >= 15 is 0 Å². The summed E-state index contributed by atoms with van der Waals surface area (Å²) in [4.78, 5) is 19.7. The molecule has 2 heterocycles. The van der Waals surface area contributed by atoms with Gasteiger partial charge in [-0.2, -0.15) is 10.1 Å². The Labute approximate surface area is 171 Å². The zero-order valence-corrected chi connectivity index (χ0v) is 17.2. The molecule has 0 fully saturated rings. The number of aromatic nitrogens is 3. The van der Waals surface area contributed by atoms with Crippen molar-refractivity contribution in [1.29, 1.82) is 0 Å². The van der Waals surface area contributed by atoms with Gasteiger partial charge in [0.15, 0.2) is 0 Å². The van der Waals surface area contributed by atoms with E-state index in [9.17, 15) is 4.79 Å². The maximum absolute atomic E-state index is 13.4. The maximum Gasteiger partial charge on any atom is 0.235 e. The number of hydrogen-bond acceptors (Lipinski definition) is 4. The first-order valence-corrected chi connectivity index (χ1v) is 9.82. The molecule has 6 heteroatoms. The monoisotopic (exact) mass is 390 g/mol. The van der Waals surface area contributed by atoms with E-state index in [4.69, 9.17) is 4.74 Å². The minimum atomic E-state index is -0.531. The van der Waals surface area contributed by atoms with Gasteiger partial charge >= 0.3 is 0 Å². The Morgan fingerprint density at radius 3 is 2.28 bits per heavy atom. The lowest BCUT2D eigenvalue weighted by Gasteiger charge is -2.41. The first kappa shape index (κ1) is 19.2. The number of amides is 1. The third-order valence-electron chi connectivity index (χ3n) is 5.37. The second kappa shape index (κ2) is 7.35. The molecule has 0 saturated carbocycles. The van der Waals surface area contributed by atoms with E-state index in [0.29, 0.717) is 12.4 Å². The second-order valence-corrected chi connectivity index (χ2v) is 8.38. The van der Waals surface area contributed by atoms with Crippen molar-refractivity contribution in [1.82, 2.24) is 14.8 Å². The van der Waals surface area contributed by atoms with Crippen LogP contribution in [0.2, 0.25) is 0 Å². The summed E-state index contributed by atoms with van der Waals surface area (Å²) in [6.07, 6.45) is 2.25. The molecule has 150 valence electrons. The molecule has 3 aromatic rings. The van der Waals surface area contributed by atoms with E-state index in [0.717, 1.165) is 16.9 Å². The minimum absolute atomic E-state index is 0.0207. The molecule has 1 aliphatic rings. The summed E-state index contributed by atoms with van der Waals surface area (Å²) >= 11 is 0. The van der Waals surface area contributed by atoms with E-state index in [1.165, 1.54) is 6.33 Å². The molecule has 0 bridgehead atoms. The van der Waals surface area contributed by atoms with Gasteiger partial charge in [-0.25, -0.2) is 4.68 Å². The Balaban J connectivity index is 1.83. The van der Waals surface area contributed by atoms with Crippen LogP contribution in [0.3, 0.4) is 0 Å². The van der Waals surface area contributed by atoms with Crippen LogP contribution in [0.5, 0.6) is 5.75 Å². The molecule has 1 aromatic heterocycles. The third kappa shape index (κ3) is 3.50. The van der Waals surface area contributed by atoms with Gasteiger partial charge in [-0.05, 0) is 29.7 Å². The van der Waals surface area contributed by atoms with Crippen LogP contribution in [0.15, 0.2) is 60.9 Å². The highest BCUT2D eigenvalue weighted by molar-refractivity contribution is 5.96. The predicted molar refractivity (Wildman–Crippen MR) is 112 cm³/mol. The molecule has 29 heavy (non-hydrogen) atoms. The van der Waals surface area contributed by atoms with Gasteiger partial charge in [-0.15, -0.1) is 0 Å². The number of hydrogen-bond donors (Lipinski definition) is 0. The first-order chi connectivity index (χ1) is 13.9. The third-order valence-corrected chi connectivity index (χ3v) is 5.37. The Kier molecular flexibility index (Phi) is 4.86. The largest absolute Gasteiger partial charge is 0.497 e. The lowest BCUT2D eigenvalue weighted by Crippen LogP contribution is -2.47. The molecule has 1 aliphatic heterocycles. The van der Waals surface area contributed by atoms with Gasteiger partial charge in [0.2, 0.25) is 11.9 Å². The molecular formula is C23H26N4O2. The summed E-state index contributed by atoms with van der Waals surface area (Å²) in [5, 5.41) is 4.48. The second-order valence-electron chi connectivity index (χ2n) is 8.38. The number of carbonyl (C=O) groups excluding carboxylic acids is 1. The van der Waals surface area contributed by atoms with Crippen LogP contribution in [-0.4, -0.2) is 27.8 Å². The number of anilines is 1. The van der Waals surface area contributed by atoms with E-state index in [-0.39, 0.29) is 18.0 Å². The molecule has 4 rings (SSSR count). The predicted octanol–water partition coefficient (Wildman–Crippen LogP) is 4.40. The number of nitrogens with zero attached hydrogens (tertiary/aromatic N) is 4. The van der Waals surface area contributed by atoms with Gasteiger partial charge < -0.3 is 4.74 Å². The normalized spacial score (nSPS) is 19.0. The summed E-state index contributed by atoms with van der Waals surface area (Å²) in [7, 11) is 1.66. The molecule has 2 aromatic carbocycles. The fourth-order valence-corrected chi connectivity index (χ4v) is 3.85. The molecular weight excluding hydrogens is 364 g/mol. The summed E-state index contributed by atoms with van der Waals surface area (Å²) in [6.45, 7) is 5.81. The van der Waals surface area contributed by atoms with Crippen LogP contribution in [-0.2, 0) is 4.79 Å². The van der Waals surface area contributed by atoms with Gasteiger partial charge in [0, 0.05) is 5.41 Å². The smallest absolute Gasteiger partial charge is 0.235 e. The maximum atomic E-state index is 13.4. The lowest BCUT2D eigenvalue weighted by molar-refractivity contribution is -0.126. The summed E-state index contributed by atoms with van der Waals surface area (Å²) in [6, 6.07) is 18.0. The number of rotatable bonds is 3. The highest BCUT2D eigenvalue weighted by Crippen LogP contribution is 2.43. The zero-order valence-electron chi connectivity index (χ0n) is 17.2. The van der Waals surface area contributed by atoms with Crippen LogP contribution in [0.25, 0.3) is 0 Å². The van der Waals surface area contributed by atoms with E-state index in [2.05, 4.69) is 34.3 Å². The SMILES string of the molecule is COc1ccc([C@H]2C[C@@H](c3ccccc3)N(C(=O)C(C)(C)C)c3ncnn32)cc1. The van der Waals surface area contributed by atoms with Crippen molar-refractivity contribution in [3.05, 3.63) is 72.1 Å². The Hall–Kier alpha value is -3.15. The Morgan fingerprint density at radius 2 is 1.66 bits per heavy atom. The summed E-state index contributed by atoms with van der Waals surface area (Å²) in [5.41, 5.74) is 1.68. The zero-order chi connectivity index (χ0) is 20.6. The van der Waals surface area contributed by atoms with Crippen molar-refractivity contribution in [3.8, 4) is 5.75 Å². The van der Waals surface area contributed by atoms with Crippen LogP contribution >= 0.6 is 0 Å². The molecule has 0 spiro atoms. The fraction of sp³-hybridized carbons (Fsp3) is 0.348. The van der Waals surface area contributed by atoms with Gasteiger partial charge in [0.1, 0.15) is 12.1 Å². The molecule has 0 N–H and O–H groups in total. The summed E-state index contributed by atoms with van der Waals surface area (Å²) < 4.78 is 7.17. The van der Waals surface area contributed by atoms with Gasteiger partial charge in [-0.1, -0.05) is 63.2 Å². The number of methoxy groups -OCH3 is 1. The highest BCUT2D eigenvalue weighted by atomic mass is 16.5. The first-order valence-electron chi connectivity index (χ1n) is 9.82. The van der Waals surface area contributed by atoms with Crippen molar-refractivity contribution in [3.63, 3.8) is 0 Å². The van der Waals surface area contributed by atoms with Crippen molar-refractivity contribution in [2.24, 2.45) is 5.41 Å². The quantitative estimate of drug-likeness (QED) is 0.665. The molecule has 1 amide bonds. The Bertz CT molecular complexity index is 990. The molecule has 0 unspecified atom stereocenters. The van der Waals surface area contributed by atoms with E-state index < -0.39 is 5.41 Å². The molecule has 6 nitrogen and oxygen atoms in total. The van der Waals surface area contributed by atoms with Crippen LogP contribution in [0.1, 0.15) is 50.4 Å². The van der Waals surface area contributed by atoms with Crippen molar-refractivity contribution in [2.75, 3.05) is 12.0 Å². The average Bonchev–Trinajstić information content (AvgIpc) is 3.22. The van der Waals surface area contributed by atoms with Crippen LogP contribution in [0.4, 0.5) is 5.95 Å². The molecule has 0 radical (unpaired) electrons. The highest BCUT2D eigenvalue weighted by Gasteiger charge is 2.42. The van der Waals surface area contributed by atoms with Gasteiger partial charge in [0.25, 0.3) is 0 Å². The summed E-state index contributed by atoms with van der Waals surface area (Å²) in [5.74, 6) is 1.44. The number of ether oxygens (including phenoxy) is 1. The molecule has 0 saturated heterocycles. The average molecular weight is 390 g/mol.